The Hall–Kier alpha value is -1.54. The molecule has 1 aromatic carbocycles. The van der Waals surface area contributed by atoms with Gasteiger partial charge in [0.2, 0.25) is 10.0 Å². The van der Waals surface area contributed by atoms with Crippen LogP contribution in [0.15, 0.2) is 34.5 Å². The number of hydrogen-bond acceptors (Lipinski definition) is 5. The zero-order valence-corrected chi connectivity index (χ0v) is 18.4. The van der Waals surface area contributed by atoms with E-state index in [0.717, 1.165) is 30.4 Å². The van der Waals surface area contributed by atoms with Crippen LogP contribution in [-0.2, 0) is 34.0 Å². The molecule has 0 spiro atoms. The van der Waals surface area contributed by atoms with Gasteiger partial charge in [-0.2, -0.15) is 4.31 Å². The number of ether oxygens (including phenoxy) is 1. The molecule has 2 aromatic rings. The summed E-state index contributed by atoms with van der Waals surface area (Å²) in [6.45, 7) is 3.92. The Morgan fingerprint density at radius 1 is 1.21 bits per heavy atom. The molecule has 5 nitrogen and oxygen atoms in total. The molecule has 1 unspecified atom stereocenters. The van der Waals surface area contributed by atoms with Crippen molar-refractivity contribution in [3.05, 3.63) is 51.2 Å². The Labute approximate surface area is 176 Å². The topological polar surface area (TPSA) is 63.7 Å². The fraction of sp³-hybridized carbons (Fsp3) is 0.500. The highest BCUT2D eigenvalue weighted by atomic mass is 32.2. The van der Waals surface area contributed by atoms with Crippen LogP contribution in [0.3, 0.4) is 0 Å². The second-order valence-electron chi connectivity index (χ2n) is 7.98. The van der Waals surface area contributed by atoms with Gasteiger partial charge in [-0.15, -0.1) is 11.3 Å². The van der Waals surface area contributed by atoms with Crippen LogP contribution in [0, 0.1) is 5.92 Å². The summed E-state index contributed by atoms with van der Waals surface area (Å²) in [6.07, 6.45) is 4.33. The number of fused-ring (bicyclic) bond motifs is 1. The molecule has 7 heteroatoms. The predicted octanol–water partition coefficient (Wildman–Crippen LogP) is 3.71. The second kappa shape index (κ2) is 8.68. The Balaban J connectivity index is 1.39. The Morgan fingerprint density at radius 3 is 2.66 bits per heavy atom. The van der Waals surface area contributed by atoms with E-state index in [0.29, 0.717) is 50.0 Å². The third-order valence-corrected chi connectivity index (χ3v) is 8.84. The van der Waals surface area contributed by atoms with Crippen molar-refractivity contribution in [3.63, 3.8) is 0 Å². The number of hydrogen-bond donors (Lipinski definition) is 0. The first-order valence-electron chi connectivity index (χ1n) is 10.2. The first-order chi connectivity index (χ1) is 13.9. The zero-order chi connectivity index (χ0) is 20.4. The summed E-state index contributed by atoms with van der Waals surface area (Å²) in [6, 6.07) is 6.95. The number of thiophene rings is 1. The number of morpholine rings is 1. The molecule has 4 rings (SSSR count). The Morgan fingerprint density at radius 2 is 1.93 bits per heavy atom. The minimum Gasteiger partial charge on any atom is -0.379 e. The van der Waals surface area contributed by atoms with Crippen molar-refractivity contribution < 1.29 is 17.9 Å². The number of aryl methyl sites for hydroxylation is 1. The first kappa shape index (κ1) is 20.7. The van der Waals surface area contributed by atoms with Gasteiger partial charge in [0.1, 0.15) is 0 Å². The van der Waals surface area contributed by atoms with Crippen molar-refractivity contribution in [2.75, 3.05) is 26.3 Å². The van der Waals surface area contributed by atoms with E-state index >= 15 is 0 Å². The van der Waals surface area contributed by atoms with Crippen molar-refractivity contribution in [1.82, 2.24) is 4.31 Å². The maximum atomic E-state index is 12.8. The fourth-order valence-electron chi connectivity index (χ4n) is 4.07. The van der Waals surface area contributed by atoms with Crippen LogP contribution < -0.4 is 0 Å². The number of benzene rings is 1. The molecule has 1 saturated heterocycles. The van der Waals surface area contributed by atoms with Crippen molar-refractivity contribution in [2.45, 2.75) is 43.9 Å². The monoisotopic (exact) mass is 433 g/mol. The molecule has 1 aromatic heterocycles. The lowest BCUT2D eigenvalue weighted by molar-refractivity contribution is 0.0730. The lowest BCUT2D eigenvalue weighted by atomic mass is 9.87. The van der Waals surface area contributed by atoms with Crippen LogP contribution >= 0.6 is 11.3 Å². The molecule has 1 aliphatic carbocycles. The van der Waals surface area contributed by atoms with Gasteiger partial charge in [-0.1, -0.05) is 19.1 Å². The average Bonchev–Trinajstić information content (AvgIpc) is 3.16. The quantitative estimate of drug-likeness (QED) is 0.652. The summed E-state index contributed by atoms with van der Waals surface area (Å²) in [7, 11) is -3.47. The zero-order valence-electron chi connectivity index (χ0n) is 16.7. The van der Waals surface area contributed by atoms with E-state index in [1.165, 1.54) is 14.7 Å². The summed E-state index contributed by atoms with van der Waals surface area (Å²) in [5.74, 6) is 0.901. The number of nitrogens with zero attached hydrogens (tertiary/aromatic N) is 1. The second-order valence-corrected chi connectivity index (χ2v) is 10.9. The minimum atomic E-state index is -3.47. The standard InChI is InChI=1S/C22H27NO4S2/c1-16-2-8-19-20(15-28-22(19)14-16)21(24)9-5-17-3-6-18(7-4-17)29(25,26)23-10-12-27-13-11-23/h3-4,6-7,15-16H,2,5,8-14H2,1H3. The van der Waals surface area contributed by atoms with Crippen molar-refractivity contribution in [3.8, 4) is 0 Å². The molecular weight excluding hydrogens is 406 g/mol. The lowest BCUT2D eigenvalue weighted by Crippen LogP contribution is -2.40. The van der Waals surface area contributed by atoms with E-state index in [2.05, 4.69) is 6.92 Å². The summed E-state index contributed by atoms with van der Waals surface area (Å²) < 4.78 is 32.1. The normalized spacial score (nSPS) is 20.4. The van der Waals surface area contributed by atoms with Gasteiger partial charge < -0.3 is 4.74 Å². The van der Waals surface area contributed by atoms with Crippen LogP contribution in [0.25, 0.3) is 0 Å². The van der Waals surface area contributed by atoms with Crippen LogP contribution in [0.1, 0.15) is 46.1 Å². The molecule has 0 bridgehead atoms. The van der Waals surface area contributed by atoms with Crippen molar-refractivity contribution in [2.24, 2.45) is 5.92 Å². The lowest BCUT2D eigenvalue weighted by Gasteiger charge is -2.26. The van der Waals surface area contributed by atoms with Gasteiger partial charge in [-0.05, 0) is 54.9 Å². The van der Waals surface area contributed by atoms with Crippen molar-refractivity contribution in [1.29, 1.82) is 0 Å². The molecule has 2 aliphatic rings. The molecule has 29 heavy (non-hydrogen) atoms. The summed E-state index contributed by atoms with van der Waals surface area (Å²) in [4.78, 5) is 14.4. The third-order valence-electron chi connectivity index (χ3n) is 5.87. The molecule has 0 saturated carbocycles. The van der Waals surface area contributed by atoms with Gasteiger partial charge in [0.15, 0.2) is 5.78 Å². The van der Waals surface area contributed by atoms with E-state index in [9.17, 15) is 13.2 Å². The smallest absolute Gasteiger partial charge is 0.243 e. The van der Waals surface area contributed by atoms with Gasteiger partial charge in [0, 0.05) is 35.3 Å². The number of carbonyl (C=O) groups is 1. The summed E-state index contributed by atoms with van der Waals surface area (Å²) >= 11 is 1.72. The Kier molecular flexibility index (Phi) is 6.20. The third kappa shape index (κ3) is 4.48. The van der Waals surface area contributed by atoms with Gasteiger partial charge in [0.25, 0.3) is 0 Å². The van der Waals surface area contributed by atoms with E-state index in [4.69, 9.17) is 4.74 Å². The molecule has 1 atom stereocenters. The first-order valence-corrected chi connectivity index (χ1v) is 12.6. The highest BCUT2D eigenvalue weighted by molar-refractivity contribution is 7.89. The maximum Gasteiger partial charge on any atom is 0.243 e. The molecule has 0 N–H and O–H groups in total. The maximum absolute atomic E-state index is 12.8. The van der Waals surface area contributed by atoms with E-state index in [-0.39, 0.29) is 5.78 Å². The average molecular weight is 434 g/mol. The summed E-state index contributed by atoms with van der Waals surface area (Å²) in [5, 5.41) is 2.03. The van der Waals surface area contributed by atoms with Gasteiger partial charge in [0.05, 0.1) is 18.1 Å². The number of ketones is 1. The fourth-order valence-corrected chi connectivity index (χ4v) is 6.74. The van der Waals surface area contributed by atoms with E-state index in [1.54, 1.807) is 23.5 Å². The highest BCUT2D eigenvalue weighted by Gasteiger charge is 2.26. The van der Waals surface area contributed by atoms with Gasteiger partial charge in [-0.3, -0.25) is 4.79 Å². The van der Waals surface area contributed by atoms with Crippen molar-refractivity contribution >= 4 is 27.1 Å². The molecule has 1 fully saturated rings. The predicted molar refractivity (Wildman–Crippen MR) is 114 cm³/mol. The van der Waals surface area contributed by atoms with Crippen LogP contribution in [-0.4, -0.2) is 44.8 Å². The van der Waals surface area contributed by atoms with Crippen LogP contribution in [0.2, 0.25) is 0 Å². The molecule has 0 radical (unpaired) electrons. The molecular formula is C22H27NO4S2. The number of rotatable bonds is 6. The minimum absolute atomic E-state index is 0.196. The number of carbonyl (C=O) groups excluding carboxylic acids is 1. The molecule has 156 valence electrons. The van der Waals surface area contributed by atoms with E-state index in [1.807, 2.05) is 17.5 Å². The molecule has 1 aliphatic heterocycles. The highest BCUT2D eigenvalue weighted by Crippen LogP contribution is 2.33. The van der Waals surface area contributed by atoms with Gasteiger partial charge in [-0.25, -0.2) is 8.42 Å². The Bertz CT molecular complexity index is 973. The van der Waals surface area contributed by atoms with E-state index < -0.39 is 10.0 Å². The van der Waals surface area contributed by atoms with Crippen LogP contribution in [0.5, 0.6) is 0 Å². The summed E-state index contributed by atoms with van der Waals surface area (Å²) in [5.41, 5.74) is 3.16. The van der Waals surface area contributed by atoms with Gasteiger partial charge >= 0.3 is 0 Å². The SMILES string of the molecule is CC1CCc2c(C(=O)CCc3ccc(S(=O)(=O)N4CCOCC4)cc3)csc2C1. The number of Topliss-reactive ketones (excluding diaryl/α,β-unsaturated/α-hetero) is 1. The molecule has 0 amide bonds. The number of sulfonamides is 1. The largest absolute Gasteiger partial charge is 0.379 e. The molecule has 2 heterocycles. The van der Waals surface area contributed by atoms with Crippen LogP contribution in [0.4, 0.5) is 0 Å².